The molecular weight excluding hydrogens is 602 g/mol. The first-order valence-electron chi connectivity index (χ1n) is 15.4. The van der Waals surface area contributed by atoms with Gasteiger partial charge in [0.2, 0.25) is 0 Å². The van der Waals surface area contributed by atoms with E-state index in [9.17, 15) is 9.59 Å². The number of hydrogen-bond donors (Lipinski definition) is 0. The maximum Gasteiger partial charge on any atom is 0.339 e. The fourth-order valence-electron chi connectivity index (χ4n) is 5.37. The van der Waals surface area contributed by atoms with E-state index in [4.69, 9.17) is 28.1 Å². The van der Waals surface area contributed by atoms with Crippen LogP contribution in [0.15, 0.2) is 54.6 Å². The summed E-state index contributed by atoms with van der Waals surface area (Å²) >= 11 is 0. The van der Waals surface area contributed by atoms with Crippen molar-refractivity contribution in [1.82, 2.24) is 4.57 Å². The molecule has 2 atom stereocenters. The molecule has 0 N–H and O–H groups in total. The zero-order chi connectivity index (χ0) is 33.8. The third-order valence-electron chi connectivity index (χ3n) is 9.03. The number of benzene rings is 2. The molecule has 3 aromatic rings. The van der Waals surface area contributed by atoms with Gasteiger partial charge in [0.1, 0.15) is 29.5 Å². The molecule has 0 bridgehead atoms. The van der Waals surface area contributed by atoms with Crippen molar-refractivity contribution in [2.75, 3.05) is 28.4 Å². The molecular formula is C36H47NO8Si. The van der Waals surface area contributed by atoms with Crippen molar-refractivity contribution >= 4 is 26.3 Å². The van der Waals surface area contributed by atoms with Crippen molar-refractivity contribution in [3.63, 3.8) is 0 Å². The number of rotatable bonds is 13. The third-order valence-corrected chi connectivity index (χ3v) is 13.5. The number of aromatic nitrogens is 1. The molecule has 0 saturated heterocycles. The second-order valence-electron chi connectivity index (χ2n) is 13.1. The van der Waals surface area contributed by atoms with Crippen molar-refractivity contribution in [1.29, 1.82) is 0 Å². The molecule has 0 radical (unpaired) electrons. The molecule has 4 rings (SSSR count). The van der Waals surface area contributed by atoms with E-state index in [0.717, 1.165) is 22.4 Å². The number of nitrogens with zero attached hydrogens (tertiary/aromatic N) is 1. The number of allylic oxidation sites excluding steroid dienone is 1. The fraction of sp³-hybridized carbons (Fsp3) is 0.444. The minimum Gasteiger partial charge on any atom is -0.496 e. The van der Waals surface area contributed by atoms with Crippen molar-refractivity contribution < 1.29 is 37.7 Å². The van der Waals surface area contributed by atoms with Crippen LogP contribution in [0.25, 0.3) is 6.08 Å². The summed E-state index contributed by atoms with van der Waals surface area (Å²) in [5.74, 6) is 1.18. The first-order valence-corrected chi connectivity index (χ1v) is 18.3. The monoisotopic (exact) mass is 649 g/mol. The van der Waals surface area contributed by atoms with Gasteiger partial charge in [0.15, 0.2) is 8.32 Å². The molecule has 10 heteroatoms. The molecule has 248 valence electrons. The number of esters is 2. The topological polar surface area (TPSA) is 94.5 Å². The lowest BCUT2D eigenvalue weighted by Crippen LogP contribution is -2.45. The van der Waals surface area contributed by atoms with Crippen LogP contribution in [-0.4, -0.2) is 59.4 Å². The van der Waals surface area contributed by atoms with E-state index in [1.807, 2.05) is 35.8 Å². The molecule has 2 aromatic carbocycles. The highest BCUT2D eigenvalue weighted by Gasteiger charge is 2.42. The first kappa shape index (κ1) is 34.8. The lowest BCUT2D eigenvalue weighted by molar-refractivity contribution is -0.139. The highest BCUT2D eigenvalue weighted by Crippen LogP contribution is 2.44. The van der Waals surface area contributed by atoms with Crippen molar-refractivity contribution in [2.24, 2.45) is 0 Å². The summed E-state index contributed by atoms with van der Waals surface area (Å²) in [4.78, 5) is 25.0. The summed E-state index contributed by atoms with van der Waals surface area (Å²) in [6.45, 7) is 13.3. The van der Waals surface area contributed by atoms with Crippen LogP contribution in [0.5, 0.6) is 11.5 Å². The summed E-state index contributed by atoms with van der Waals surface area (Å²) in [5, 5.41) is -0.100. The van der Waals surface area contributed by atoms with Gasteiger partial charge >= 0.3 is 11.9 Å². The van der Waals surface area contributed by atoms with Gasteiger partial charge in [0.25, 0.3) is 0 Å². The fourth-order valence-corrected chi connectivity index (χ4v) is 6.64. The van der Waals surface area contributed by atoms with Gasteiger partial charge < -0.3 is 32.7 Å². The van der Waals surface area contributed by atoms with Crippen molar-refractivity contribution in [2.45, 2.75) is 77.4 Å². The summed E-state index contributed by atoms with van der Waals surface area (Å²) in [6, 6.07) is 12.2. The highest BCUT2D eigenvalue weighted by molar-refractivity contribution is 6.74. The molecule has 0 spiro atoms. The molecule has 1 aromatic heterocycles. The Morgan fingerprint density at radius 2 is 1.61 bits per heavy atom. The van der Waals surface area contributed by atoms with Crippen LogP contribution in [-0.2, 0) is 42.8 Å². The van der Waals surface area contributed by atoms with Gasteiger partial charge in [-0.05, 0) is 65.5 Å². The number of carbonyl (C=O) groups excluding carboxylic acids is 2. The van der Waals surface area contributed by atoms with Gasteiger partial charge in [0.05, 0.1) is 47.0 Å². The average molecular weight is 650 g/mol. The standard InChI is InChI=1S/C36H47NO8Si/c1-23-30(40-5)17-26(18-31(23)41-6)34(45-46(9,10)36(2,3)4)32(44-28-15-24-13-11-12-14-25(24)16-28)22-37-20-27(19-33(38)42-7)29(21-37)35(39)43-8/h11-15,17-18,20-21,32,34H,16,19,22H2,1-10H3/t32-,34+/m0/s1. The maximum absolute atomic E-state index is 12.8. The number of ether oxygens (including phenoxy) is 5. The van der Waals surface area contributed by atoms with E-state index in [2.05, 4.69) is 52.1 Å². The van der Waals surface area contributed by atoms with Gasteiger partial charge in [-0.2, -0.15) is 0 Å². The van der Waals surface area contributed by atoms with Gasteiger partial charge in [-0.1, -0.05) is 45.0 Å². The molecule has 1 aliphatic carbocycles. The number of methoxy groups -OCH3 is 4. The normalized spacial score (nSPS) is 14.2. The first-order chi connectivity index (χ1) is 21.7. The Morgan fingerprint density at radius 1 is 0.957 bits per heavy atom. The minimum absolute atomic E-state index is 0.0732. The molecule has 0 fully saturated rings. The Kier molecular flexibility index (Phi) is 10.7. The number of carbonyl (C=O) groups is 2. The Labute approximate surface area is 273 Å². The summed E-state index contributed by atoms with van der Waals surface area (Å²) < 4.78 is 37.5. The van der Waals surface area contributed by atoms with E-state index >= 15 is 0 Å². The molecule has 1 aliphatic rings. The van der Waals surface area contributed by atoms with Crippen molar-refractivity contribution in [3.05, 3.63) is 87.9 Å². The van der Waals surface area contributed by atoms with Gasteiger partial charge in [-0.3, -0.25) is 4.79 Å². The van der Waals surface area contributed by atoms with Crippen LogP contribution >= 0.6 is 0 Å². The predicted octanol–water partition coefficient (Wildman–Crippen LogP) is 7.06. The number of fused-ring (bicyclic) bond motifs is 1. The third kappa shape index (κ3) is 7.67. The Bertz CT molecular complexity index is 1570. The molecule has 46 heavy (non-hydrogen) atoms. The molecule has 9 nitrogen and oxygen atoms in total. The lowest BCUT2D eigenvalue weighted by atomic mass is 10.0. The average Bonchev–Trinajstić information content (AvgIpc) is 3.61. The summed E-state index contributed by atoms with van der Waals surface area (Å²) in [5.41, 5.74) is 4.83. The zero-order valence-corrected chi connectivity index (χ0v) is 29.7. The van der Waals surface area contributed by atoms with E-state index in [1.165, 1.54) is 19.8 Å². The molecule has 0 aliphatic heterocycles. The summed E-state index contributed by atoms with van der Waals surface area (Å²) in [7, 11) is 3.52. The van der Waals surface area contributed by atoms with Crippen LogP contribution in [0.2, 0.25) is 18.1 Å². The summed E-state index contributed by atoms with van der Waals surface area (Å²) in [6.07, 6.45) is 5.00. The van der Waals surface area contributed by atoms with Crippen LogP contribution in [0.4, 0.5) is 0 Å². The maximum atomic E-state index is 12.8. The Hall–Kier alpha value is -4.02. The van der Waals surface area contributed by atoms with Crippen LogP contribution < -0.4 is 9.47 Å². The van der Waals surface area contributed by atoms with Gasteiger partial charge in [-0.15, -0.1) is 0 Å². The van der Waals surface area contributed by atoms with Crippen molar-refractivity contribution in [3.8, 4) is 11.5 Å². The Morgan fingerprint density at radius 3 is 2.17 bits per heavy atom. The van der Waals surface area contributed by atoms with Gasteiger partial charge in [-0.25, -0.2) is 4.79 Å². The van der Waals surface area contributed by atoms with E-state index in [0.29, 0.717) is 35.6 Å². The second kappa shape index (κ2) is 14.2. The van der Waals surface area contributed by atoms with Crippen LogP contribution in [0.3, 0.4) is 0 Å². The number of hydrogen-bond acceptors (Lipinski definition) is 8. The quantitative estimate of drug-likeness (QED) is 0.144. The lowest BCUT2D eigenvalue weighted by Gasteiger charge is -2.42. The highest BCUT2D eigenvalue weighted by atomic mass is 28.4. The van der Waals surface area contributed by atoms with E-state index in [1.54, 1.807) is 26.6 Å². The van der Waals surface area contributed by atoms with Crippen LogP contribution in [0.1, 0.15) is 65.1 Å². The molecule has 0 amide bonds. The second-order valence-corrected chi connectivity index (χ2v) is 17.9. The van der Waals surface area contributed by atoms with Gasteiger partial charge in [0, 0.05) is 24.4 Å². The zero-order valence-electron chi connectivity index (χ0n) is 28.7. The predicted molar refractivity (Wildman–Crippen MR) is 180 cm³/mol. The molecule has 0 saturated carbocycles. The Balaban J connectivity index is 1.87. The largest absolute Gasteiger partial charge is 0.496 e. The molecule has 0 unspecified atom stereocenters. The SMILES string of the molecule is COC(=O)Cc1cn(C[C@H](OC2=Cc3ccccc3C2)[C@H](O[Si](C)(C)C(C)(C)C)c2cc(OC)c(C)c(OC)c2)cc1C(=O)OC. The van der Waals surface area contributed by atoms with Crippen LogP contribution in [0, 0.1) is 6.92 Å². The minimum atomic E-state index is -2.40. The molecule has 1 heterocycles. The van der Waals surface area contributed by atoms with E-state index < -0.39 is 32.5 Å². The van der Waals surface area contributed by atoms with E-state index in [-0.39, 0.29) is 11.5 Å². The smallest absolute Gasteiger partial charge is 0.339 e.